The number of hydrogen-bond donors (Lipinski definition) is 3. The normalized spacial score (nSPS) is 16.6. The smallest absolute Gasteiger partial charge is 0.319 e. The number of nitrogens with one attached hydrogen (secondary N) is 2. The van der Waals surface area contributed by atoms with Gasteiger partial charge in [-0.2, -0.15) is 0 Å². The minimum absolute atomic E-state index is 0.264. The molecule has 1 aromatic heterocycles. The molecule has 0 spiro atoms. The van der Waals surface area contributed by atoms with E-state index in [9.17, 15) is 14.4 Å². The van der Waals surface area contributed by atoms with Crippen LogP contribution < -0.4 is 10.6 Å². The second kappa shape index (κ2) is 11.7. The van der Waals surface area contributed by atoms with Gasteiger partial charge in [-0.3, -0.25) is 4.90 Å². The number of likely N-dealkylation sites (tertiary alicyclic amines) is 1. The number of amides is 2. The fraction of sp³-hybridized carbons (Fsp3) is 0.400. The number of oxime groups is 1. The van der Waals surface area contributed by atoms with Crippen molar-refractivity contribution in [3.05, 3.63) is 59.4 Å². The molecule has 0 aliphatic carbocycles. The quantitative estimate of drug-likeness (QED) is 0.251. The van der Waals surface area contributed by atoms with Crippen LogP contribution in [0.15, 0.2) is 47.6 Å². The van der Waals surface area contributed by atoms with Crippen molar-refractivity contribution in [1.29, 1.82) is 0 Å². The third-order valence-electron chi connectivity index (χ3n) is 6.36. The lowest BCUT2D eigenvalue weighted by atomic mass is 9.97. The lowest BCUT2D eigenvalue weighted by molar-refractivity contribution is 0.191. The van der Waals surface area contributed by atoms with Crippen molar-refractivity contribution in [3.8, 4) is 11.4 Å². The van der Waals surface area contributed by atoms with Crippen LogP contribution in [0, 0.1) is 11.7 Å². The lowest BCUT2D eigenvalue weighted by Crippen LogP contribution is -2.43. The van der Waals surface area contributed by atoms with E-state index in [1.54, 1.807) is 23.9 Å². The number of urea groups is 1. The summed E-state index contributed by atoms with van der Waals surface area (Å²) in [5.74, 6) is 0.559. The van der Waals surface area contributed by atoms with Gasteiger partial charge in [-0.05, 0) is 78.0 Å². The van der Waals surface area contributed by atoms with Crippen molar-refractivity contribution >= 4 is 17.4 Å². The Morgan fingerprint density at radius 3 is 2.75 bits per heavy atom. The molecule has 11 heteroatoms. The Bertz CT molecular complexity index is 1210. The predicted octanol–water partition coefficient (Wildman–Crippen LogP) is 3.29. The van der Waals surface area contributed by atoms with Crippen LogP contribution in [0.25, 0.3) is 11.4 Å². The maximum Gasteiger partial charge on any atom is 0.319 e. The van der Waals surface area contributed by atoms with Crippen molar-refractivity contribution in [1.82, 2.24) is 30.4 Å². The third kappa shape index (κ3) is 6.42. The predicted molar refractivity (Wildman–Crippen MR) is 135 cm³/mol. The molecule has 1 fully saturated rings. The zero-order valence-electron chi connectivity index (χ0n) is 20.5. The fourth-order valence-electron chi connectivity index (χ4n) is 4.48. The van der Waals surface area contributed by atoms with Crippen LogP contribution in [0.2, 0.25) is 0 Å². The van der Waals surface area contributed by atoms with Gasteiger partial charge in [0.15, 0.2) is 5.82 Å². The Balaban J connectivity index is 1.32. The molecule has 3 aromatic rings. The number of carbonyl (C=O) groups is 1. The lowest BCUT2D eigenvalue weighted by Gasteiger charge is -2.32. The van der Waals surface area contributed by atoms with E-state index in [1.165, 1.54) is 12.1 Å². The third-order valence-corrected chi connectivity index (χ3v) is 6.36. The summed E-state index contributed by atoms with van der Waals surface area (Å²) in [7, 11) is 1.77. The Morgan fingerprint density at radius 2 is 2.06 bits per heavy atom. The largest absolute Gasteiger partial charge is 0.411 e. The van der Waals surface area contributed by atoms with Gasteiger partial charge in [0.1, 0.15) is 11.5 Å². The van der Waals surface area contributed by atoms with Gasteiger partial charge >= 0.3 is 6.03 Å². The van der Waals surface area contributed by atoms with Crippen molar-refractivity contribution in [2.24, 2.45) is 18.1 Å². The highest BCUT2D eigenvalue weighted by molar-refractivity contribution is 6.01. The topological polar surface area (TPSA) is 121 Å². The van der Waals surface area contributed by atoms with Crippen LogP contribution in [-0.2, 0) is 13.5 Å². The molecule has 190 valence electrons. The molecule has 0 bridgehead atoms. The average molecular weight is 495 g/mol. The molecule has 1 saturated heterocycles. The number of halogens is 1. The second-order valence-electron chi connectivity index (χ2n) is 9.03. The van der Waals surface area contributed by atoms with E-state index in [2.05, 4.69) is 43.1 Å². The van der Waals surface area contributed by atoms with Crippen molar-refractivity contribution in [3.63, 3.8) is 0 Å². The molecular formula is C25H31FN8O2. The van der Waals surface area contributed by atoms with E-state index in [1.807, 2.05) is 18.2 Å². The highest BCUT2D eigenvalue weighted by Gasteiger charge is 2.22. The van der Waals surface area contributed by atoms with E-state index < -0.39 is 0 Å². The first kappa shape index (κ1) is 25.2. The van der Waals surface area contributed by atoms with Gasteiger partial charge < -0.3 is 15.8 Å². The van der Waals surface area contributed by atoms with Crippen LogP contribution in [0.3, 0.4) is 0 Å². The first-order valence-corrected chi connectivity index (χ1v) is 12.1. The number of tetrazole rings is 1. The van der Waals surface area contributed by atoms with Crippen molar-refractivity contribution < 1.29 is 14.4 Å². The zero-order valence-corrected chi connectivity index (χ0v) is 20.5. The van der Waals surface area contributed by atoms with E-state index in [4.69, 9.17) is 0 Å². The van der Waals surface area contributed by atoms with Gasteiger partial charge in [0, 0.05) is 43.5 Å². The van der Waals surface area contributed by atoms with Gasteiger partial charge in [0.05, 0.1) is 0 Å². The Morgan fingerprint density at radius 1 is 1.25 bits per heavy atom. The van der Waals surface area contributed by atoms with Crippen LogP contribution in [0.5, 0.6) is 0 Å². The maximum absolute atomic E-state index is 13.2. The number of anilines is 1. The number of aryl methyl sites for hydroxylation is 2. The number of benzene rings is 2. The number of rotatable bonds is 8. The molecule has 0 saturated carbocycles. The molecule has 0 radical (unpaired) electrons. The fourth-order valence-corrected chi connectivity index (χ4v) is 4.48. The number of carbonyl (C=O) groups excluding carboxylic acids is 1. The van der Waals surface area contributed by atoms with Gasteiger partial charge in [-0.15, -0.1) is 5.10 Å². The molecule has 4 rings (SSSR count). The first-order chi connectivity index (χ1) is 17.4. The summed E-state index contributed by atoms with van der Waals surface area (Å²) in [5, 5.41) is 30.5. The molecule has 2 heterocycles. The van der Waals surface area contributed by atoms with E-state index >= 15 is 0 Å². The minimum atomic E-state index is -0.332. The first-order valence-electron chi connectivity index (χ1n) is 12.1. The van der Waals surface area contributed by atoms with Crippen LogP contribution >= 0.6 is 0 Å². The summed E-state index contributed by atoms with van der Waals surface area (Å²) in [5.41, 5.74) is 3.76. The van der Waals surface area contributed by atoms with Gasteiger partial charge in [0.2, 0.25) is 0 Å². The summed E-state index contributed by atoms with van der Waals surface area (Å²) in [6, 6.07) is 11.5. The molecule has 1 aliphatic heterocycles. The average Bonchev–Trinajstić information content (AvgIpc) is 3.32. The Hall–Kier alpha value is -3.86. The van der Waals surface area contributed by atoms with E-state index in [0.29, 0.717) is 35.9 Å². The number of aromatic nitrogens is 4. The number of hydrogen-bond acceptors (Lipinski definition) is 7. The number of nitrogens with zero attached hydrogens (tertiary/aromatic N) is 6. The molecule has 0 unspecified atom stereocenters. The number of piperidine rings is 1. The van der Waals surface area contributed by atoms with Gasteiger partial charge in [0.25, 0.3) is 0 Å². The van der Waals surface area contributed by atoms with E-state index in [-0.39, 0.29) is 17.8 Å². The SMILES string of the molecule is CCc1cc(NC(=O)NC[C@@H]2CCCN(C/C(=N\O)c3ccc(F)cc3)C2)cc(-c2nnnn2C)c1. The Labute approximate surface area is 209 Å². The molecular weight excluding hydrogens is 463 g/mol. The molecule has 10 nitrogen and oxygen atoms in total. The van der Waals surface area contributed by atoms with Crippen molar-refractivity contribution in [2.75, 3.05) is 31.5 Å². The molecule has 3 N–H and O–H groups in total. The van der Waals surface area contributed by atoms with Crippen molar-refractivity contribution in [2.45, 2.75) is 26.2 Å². The van der Waals surface area contributed by atoms with E-state index in [0.717, 1.165) is 43.5 Å². The van der Waals surface area contributed by atoms with Crippen LogP contribution in [-0.4, -0.2) is 68.2 Å². The highest BCUT2D eigenvalue weighted by atomic mass is 19.1. The molecule has 2 aromatic carbocycles. The summed E-state index contributed by atoms with van der Waals surface area (Å²) in [6.07, 6.45) is 2.78. The monoisotopic (exact) mass is 494 g/mol. The van der Waals surface area contributed by atoms with Crippen LogP contribution in [0.4, 0.5) is 14.9 Å². The minimum Gasteiger partial charge on any atom is -0.411 e. The highest BCUT2D eigenvalue weighted by Crippen LogP contribution is 2.23. The summed E-state index contributed by atoms with van der Waals surface area (Å²) < 4.78 is 14.8. The molecule has 1 atom stereocenters. The molecule has 2 amide bonds. The molecule has 1 aliphatic rings. The maximum atomic E-state index is 13.2. The summed E-state index contributed by atoms with van der Waals surface area (Å²) in [4.78, 5) is 14.9. The summed E-state index contributed by atoms with van der Waals surface area (Å²) in [6.45, 7) is 4.66. The zero-order chi connectivity index (χ0) is 25.5. The summed E-state index contributed by atoms with van der Waals surface area (Å²) >= 11 is 0. The van der Waals surface area contributed by atoms with Gasteiger partial charge in [-0.1, -0.05) is 24.2 Å². The standard InChI is InChI=1S/C25H31FN8O2/c1-3-17-11-20(24-29-31-32-33(24)2)13-22(12-17)28-25(35)27-14-18-5-4-10-34(15-18)16-23(30-36)19-6-8-21(26)9-7-19/h6-9,11-13,18,36H,3-5,10,14-16H2,1-2H3,(H2,27,28,35)/b30-23+/t18-/m0/s1. The Kier molecular flexibility index (Phi) is 8.21. The van der Waals surface area contributed by atoms with Gasteiger partial charge in [-0.25, -0.2) is 13.9 Å². The van der Waals surface area contributed by atoms with Crippen LogP contribution in [0.1, 0.15) is 30.9 Å². The second-order valence-corrected chi connectivity index (χ2v) is 9.03. The molecule has 36 heavy (non-hydrogen) atoms.